The number of phenolic OH excluding ortho intramolecular Hbond substituents is 1. The van der Waals surface area contributed by atoms with E-state index in [1.54, 1.807) is 19.1 Å². The van der Waals surface area contributed by atoms with Crippen molar-refractivity contribution < 1.29 is 24.2 Å². The van der Waals surface area contributed by atoms with Crippen molar-refractivity contribution in [1.29, 1.82) is 0 Å². The summed E-state index contributed by atoms with van der Waals surface area (Å²) in [7, 11) is 1.47. The molecule has 6 heteroatoms. The normalized spacial score (nSPS) is 19.5. The van der Waals surface area contributed by atoms with Crippen LogP contribution < -0.4 is 10.1 Å². The van der Waals surface area contributed by atoms with E-state index in [0.717, 1.165) is 29.8 Å². The maximum Gasteiger partial charge on any atom is 0.336 e. The van der Waals surface area contributed by atoms with Gasteiger partial charge in [0.2, 0.25) is 0 Å². The van der Waals surface area contributed by atoms with Crippen molar-refractivity contribution in [3.05, 3.63) is 46.3 Å². The Balaban J connectivity index is 2.22. The van der Waals surface area contributed by atoms with Gasteiger partial charge >= 0.3 is 5.97 Å². The topological polar surface area (TPSA) is 84.9 Å². The zero-order valence-corrected chi connectivity index (χ0v) is 15.9. The third kappa shape index (κ3) is 3.44. The fourth-order valence-electron chi connectivity index (χ4n) is 3.83. The molecule has 0 saturated heterocycles. The van der Waals surface area contributed by atoms with Crippen LogP contribution in [0.25, 0.3) is 0 Å². The molecular weight excluding hydrogens is 346 g/mol. The van der Waals surface area contributed by atoms with Crippen molar-refractivity contribution in [1.82, 2.24) is 5.32 Å². The number of benzene rings is 1. The summed E-state index contributed by atoms with van der Waals surface area (Å²) in [5.41, 5.74) is 3.46. The van der Waals surface area contributed by atoms with Crippen LogP contribution in [0.5, 0.6) is 11.5 Å². The highest BCUT2D eigenvalue weighted by Crippen LogP contribution is 2.44. The lowest BCUT2D eigenvalue weighted by molar-refractivity contribution is -0.138. The second-order valence-corrected chi connectivity index (χ2v) is 6.62. The summed E-state index contributed by atoms with van der Waals surface area (Å²) in [5, 5.41) is 13.3. The number of nitrogens with one attached hydrogen (secondary N) is 1. The van der Waals surface area contributed by atoms with Gasteiger partial charge in [0.25, 0.3) is 0 Å². The third-order valence-corrected chi connectivity index (χ3v) is 5.05. The Bertz CT molecular complexity index is 837. The molecule has 0 aromatic heterocycles. The van der Waals surface area contributed by atoms with Gasteiger partial charge in [-0.15, -0.1) is 0 Å². The summed E-state index contributed by atoms with van der Waals surface area (Å²) in [4.78, 5) is 25.6. The molecule has 1 atom stereocenters. The predicted molar refractivity (Wildman–Crippen MR) is 100 cm³/mol. The van der Waals surface area contributed by atoms with Gasteiger partial charge in [0, 0.05) is 29.3 Å². The minimum absolute atomic E-state index is 0.0109. The first kappa shape index (κ1) is 19.0. The predicted octanol–water partition coefficient (Wildman–Crippen LogP) is 3.32. The summed E-state index contributed by atoms with van der Waals surface area (Å²) < 4.78 is 10.5. The first-order valence-electron chi connectivity index (χ1n) is 9.32. The number of methoxy groups -OCH3 is 1. The van der Waals surface area contributed by atoms with Crippen LogP contribution in [-0.2, 0) is 14.3 Å². The molecule has 1 aromatic rings. The number of hydrogen-bond donors (Lipinski definition) is 2. The average molecular weight is 371 g/mol. The Morgan fingerprint density at radius 2 is 2.07 bits per heavy atom. The quantitative estimate of drug-likeness (QED) is 0.773. The number of rotatable bonds is 5. The number of ketones is 1. The van der Waals surface area contributed by atoms with E-state index in [0.29, 0.717) is 29.7 Å². The van der Waals surface area contributed by atoms with E-state index in [9.17, 15) is 14.7 Å². The molecule has 6 nitrogen and oxygen atoms in total. The number of allylic oxidation sites excluding steroid dienone is 3. The second-order valence-electron chi connectivity index (χ2n) is 6.62. The molecule has 0 amide bonds. The Morgan fingerprint density at radius 3 is 2.74 bits per heavy atom. The molecule has 0 radical (unpaired) electrons. The molecule has 144 valence electrons. The van der Waals surface area contributed by atoms with Gasteiger partial charge in [-0.1, -0.05) is 13.0 Å². The largest absolute Gasteiger partial charge is 0.504 e. The molecule has 0 saturated carbocycles. The lowest BCUT2D eigenvalue weighted by atomic mass is 9.75. The van der Waals surface area contributed by atoms with Crippen LogP contribution >= 0.6 is 0 Å². The second kappa shape index (κ2) is 7.86. The van der Waals surface area contributed by atoms with Gasteiger partial charge in [0.05, 0.1) is 19.3 Å². The van der Waals surface area contributed by atoms with Crippen LogP contribution in [-0.4, -0.2) is 30.6 Å². The lowest BCUT2D eigenvalue weighted by Crippen LogP contribution is -2.35. The molecule has 0 spiro atoms. The van der Waals surface area contributed by atoms with Gasteiger partial charge in [-0.2, -0.15) is 0 Å². The number of carbonyl (C=O) groups excluding carboxylic acids is 2. The van der Waals surface area contributed by atoms with E-state index in [1.165, 1.54) is 13.2 Å². The Morgan fingerprint density at radius 1 is 1.30 bits per heavy atom. The number of carbonyl (C=O) groups is 2. The van der Waals surface area contributed by atoms with Crippen molar-refractivity contribution in [2.45, 2.75) is 45.4 Å². The number of dihydropyridines is 1. The Hall–Kier alpha value is -2.76. The SMILES string of the molecule is CCOC(=O)C1=C(CC)NC2=C(C(=O)CCC2)[C@H]1c1ccc(O)c(OC)c1. The van der Waals surface area contributed by atoms with E-state index in [4.69, 9.17) is 9.47 Å². The highest BCUT2D eigenvalue weighted by atomic mass is 16.5. The molecule has 1 heterocycles. The van der Waals surface area contributed by atoms with Crippen LogP contribution in [0.3, 0.4) is 0 Å². The fourth-order valence-corrected chi connectivity index (χ4v) is 3.83. The maximum atomic E-state index is 12.8. The minimum atomic E-state index is -0.530. The molecule has 3 rings (SSSR count). The van der Waals surface area contributed by atoms with E-state index in [1.807, 2.05) is 6.92 Å². The summed E-state index contributed by atoms with van der Waals surface area (Å²) in [6.45, 7) is 3.98. The third-order valence-electron chi connectivity index (χ3n) is 5.05. The van der Waals surface area contributed by atoms with E-state index >= 15 is 0 Å². The van der Waals surface area contributed by atoms with E-state index < -0.39 is 11.9 Å². The molecule has 0 unspecified atom stereocenters. The van der Waals surface area contributed by atoms with Crippen LogP contribution in [0.1, 0.15) is 51.0 Å². The molecule has 27 heavy (non-hydrogen) atoms. The van der Waals surface area contributed by atoms with Gasteiger partial charge in [0.1, 0.15) is 0 Å². The van der Waals surface area contributed by atoms with Crippen molar-refractivity contribution in [2.75, 3.05) is 13.7 Å². The van der Waals surface area contributed by atoms with Crippen LogP contribution in [0.4, 0.5) is 0 Å². The molecule has 2 N–H and O–H groups in total. The number of aromatic hydroxyl groups is 1. The molecule has 1 aliphatic heterocycles. The van der Waals surface area contributed by atoms with Gasteiger partial charge in [-0.3, -0.25) is 4.79 Å². The zero-order chi connectivity index (χ0) is 19.6. The molecule has 1 aromatic carbocycles. The monoisotopic (exact) mass is 371 g/mol. The number of Topliss-reactive ketones (excluding diaryl/α,β-unsaturated/α-hetero) is 1. The number of phenols is 1. The van der Waals surface area contributed by atoms with Gasteiger partial charge < -0.3 is 19.9 Å². The molecular formula is C21H25NO5. The standard InChI is InChI=1S/C21H25NO5/c1-4-13-20(21(25)27-5-2)18(12-9-10-15(23)17(11-12)26-3)19-14(22-13)7-6-8-16(19)24/h9-11,18,22-23H,4-8H2,1-3H3/t18-/m1/s1. The highest BCUT2D eigenvalue weighted by molar-refractivity contribution is 6.03. The summed E-state index contributed by atoms with van der Waals surface area (Å²) in [6, 6.07) is 4.94. The van der Waals surface area contributed by atoms with Crippen LogP contribution in [0.15, 0.2) is 40.7 Å². The van der Waals surface area contributed by atoms with E-state index in [2.05, 4.69) is 5.32 Å². The highest BCUT2D eigenvalue weighted by Gasteiger charge is 2.39. The zero-order valence-electron chi connectivity index (χ0n) is 15.9. The summed E-state index contributed by atoms with van der Waals surface area (Å²) >= 11 is 0. The van der Waals surface area contributed by atoms with Crippen molar-refractivity contribution in [2.24, 2.45) is 0 Å². The van der Waals surface area contributed by atoms with Crippen molar-refractivity contribution in [3.63, 3.8) is 0 Å². The van der Waals surface area contributed by atoms with Gasteiger partial charge in [-0.05, 0) is 43.9 Å². The minimum Gasteiger partial charge on any atom is -0.504 e. The first-order valence-corrected chi connectivity index (χ1v) is 9.32. The van der Waals surface area contributed by atoms with Crippen LogP contribution in [0.2, 0.25) is 0 Å². The number of hydrogen-bond acceptors (Lipinski definition) is 6. The van der Waals surface area contributed by atoms with Crippen LogP contribution in [0, 0.1) is 0 Å². The number of esters is 1. The van der Waals surface area contributed by atoms with Crippen molar-refractivity contribution in [3.8, 4) is 11.5 Å². The van der Waals surface area contributed by atoms with Gasteiger partial charge in [-0.25, -0.2) is 4.79 Å². The molecule has 2 aliphatic rings. The van der Waals surface area contributed by atoms with Gasteiger partial charge in [0.15, 0.2) is 17.3 Å². The smallest absolute Gasteiger partial charge is 0.336 e. The molecule has 0 fully saturated rings. The first-order chi connectivity index (χ1) is 13.0. The Kier molecular flexibility index (Phi) is 5.54. The fraction of sp³-hybridized carbons (Fsp3) is 0.429. The number of ether oxygens (including phenoxy) is 2. The average Bonchev–Trinajstić information content (AvgIpc) is 2.67. The molecule has 0 bridgehead atoms. The molecule has 1 aliphatic carbocycles. The van der Waals surface area contributed by atoms with E-state index in [-0.39, 0.29) is 18.1 Å². The maximum absolute atomic E-state index is 12.8. The lowest BCUT2D eigenvalue weighted by Gasteiger charge is -2.35. The Labute approximate surface area is 158 Å². The summed E-state index contributed by atoms with van der Waals surface area (Å²) in [5.74, 6) is -0.603. The summed E-state index contributed by atoms with van der Waals surface area (Å²) in [6.07, 6.45) is 2.64. The van der Waals surface area contributed by atoms with Crippen molar-refractivity contribution >= 4 is 11.8 Å².